The molecule has 0 aromatic carbocycles. The molecule has 0 radical (unpaired) electrons. The number of Topliss-reactive ketones (excluding diaryl/α,β-unsaturated/α-hetero) is 1. The monoisotopic (exact) mass is 257 g/mol. The van der Waals surface area contributed by atoms with Crippen molar-refractivity contribution < 1.29 is 4.79 Å². The lowest BCUT2D eigenvalue weighted by atomic mass is 10.3. The van der Waals surface area contributed by atoms with Crippen LogP contribution in [0.3, 0.4) is 0 Å². The maximum atomic E-state index is 12.4. The highest BCUT2D eigenvalue weighted by Crippen LogP contribution is 2.13. The van der Waals surface area contributed by atoms with Crippen LogP contribution in [0.1, 0.15) is 6.92 Å². The van der Waals surface area contributed by atoms with Gasteiger partial charge in [0.2, 0.25) is 0 Å². The number of hydrogen-bond acceptors (Lipinski definition) is 5. The molecule has 19 heavy (non-hydrogen) atoms. The molecule has 0 saturated carbocycles. The minimum atomic E-state index is -0.272. The lowest BCUT2D eigenvalue weighted by Gasteiger charge is -2.08. The Bertz CT molecular complexity index is 862. The Balaban J connectivity index is 2.54. The molecule has 3 heterocycles. The minimum Gasteiger partial charge on any atom is -0.382 e. The SMILES string of the molecule is CC(=O)Cn1c(=O)c2cccnc2n2nc(N)cc12. The molecule has 3 aromatic heterocycles. The molecule has 96 valence electrons. The molecule has 0 fully saturated rings. The summed E-state index contributed by atoms with van der Waals surface area (Å²) in [5.41, 5.74) is 6.29. The average molecular weight is 257 g/mol. The molecule has 3 aromatic rings. The molecule has 7 nitrogen and oxygen atoms in total. The van der Waals surface area contributed by atoms with Gasteiger partial charge < -0.3 is 5.73 Å². The second kappa shape index (κ2) is 3.91. The van der Waals surface area contributed by atoms with Crippen LogP contribution in [0.4, 0.5) is 5.82 Å². The lowest BCUT2D eigenvalue weighted by Crippen LogP contribution is -2.25. The van der Waals surface area contributed by atoms with E-state index in [1.54, 1.807) is 24.4 Å². The number of hydrogen-bond donors (Lipinski definition) is 1. The van der Waals surface area contributed by atoms with Crippen molar-refractivity contribution in [1.29, 1.82) is 0 Å². The zero-order valence-electron chi connectivity index (χ0n) is 10.2. The van der Waals surface area contributed by atoms with Crippen molar-refractivity contribution >= 4 is 28.3 Å². The molecule has 0 saturated heterocycles. The molecule has 7 heteroatoms. The second-order valence-electron chi connectivity index (χ2n) is 4.31. The van der Waals surface area contributed by atoms with E-state index in [-0.39, 0.29) is 23.7 Å². The van der Waals surface area contributed by atoms with Gasteiger partial charge in [-0.25, -0.2) is 4.98 Å². The normalized spacial score (nSPS) is 11.2. The van der Waals surface area contributed by atoms with Gasteiger partial charge in [0.05, 0.1) is 11.9 Å². The molecule has 0 amide bonds. The van der Waals surface area contributed by atoms with E-state index in [2.05, 4.69) is 10.1 Å². The first-order chi connectivity index (χ1) is 9.08. The molecule has 0 bridgehead atoms. The zero-order valence-corrected chi connectivity index (χ0v) is 10.2. The van der Waals surface area contributed by atoms with Gasteiger partial charge in [-0.2, -0.15) is 4.52 Å². The largest absolute Gasteiger partial charge is 0.382 e. The van der Waals surface area contributed by atoms with Crippen LogP contribution >= 0.6 is 0 Å². The van der Waals surface area contributed by atoms with Crippen molar-refractivity contribution in [2.24, 2.45) is 0 Å². The third-order valence-corrected chi connectivity index (χ3v) is 2.83. The Hall–Kier alpha value is -2.70. The number of fused-ring (bicyclic) bond motifs is 3. The summed E-state index contributed by atoms with van der Waals surface area (Å²) in [5, 5.41) is 4.51. The van der Waals surface area contributed by atoms with Crippen molar-refractivity contribution in [3.8, 4) is 0 Å². The van der Waals surface area contributed by atoms with Gasteiger partial charge in [-0.3, -0.25) is 14.2 Å². The summed E-state index contributed by atoms with van der Waals surface area (Å²) in [7, 11) is 0. The summed E-state index contributed by atoms with van der Waals surface area (Å²) < 4.78 is 2.84. The van der Waals surface area contributed by atoms with Crippen LogP contribution in [0, 0.1) is 0 Å². The Labute approximate surface area is 107 Å². The number of nitrogens with zero attached hydrogens (tertiary/aromatic N) is 4. The van der Waals surface area contributed by atoms with E-state index in [1.165, 1.54) is 16.0 Å². The molecule has 0 unspecified atom stereocenters. The van der Waals surface area contributed by atoms with Crippen molar-refractivity contribution in [3.63, 3.8) is 0 Å². The van der Waals surface area contributed by atoms with Crippen LogP contribution in [0.2, 0.25) is 0 Å². The predicted octanol–water partition coefficient (Wildman–Crippen LogP) is 0.215. The molecule has 0 atom stereocenters. The Morgan fingerprint density at radius 2 is 2.26 bits per heavy atom. The summed E-state index contributed by atoms with van der Waals surface area (Å²) in [6.07, 6.45) is 1.58. The summed E-state index contributed by atoms with van der Waals surface area (Å²) in [6.45, 7) is 1.41. The van der Waals surface area contributed by atoms with Crippen LogP contribution in [0.15, 0.2) is 29.2 Å². The number of pyridine rings is 1. The number of nitrogens with two attached hydrogens (primary N) is 1. The molecule has 0 aliphatic rings. The van der Waals surface area contributed by atoms with Gasteiger partial charge >= 0.3 is 0 Å². The number of anilines is 1. The third-order valence-electron chi connectivity index (χ3n) is 2.83. The van der Waals surface area contributed by atoms with Gasteiger partial charge in [-0.1, -0.05) is 0 Å². The van der Waals surface area contributed by atoms with E-state index >= 15 is 0 Å². The first kappa shape index (κ1) is 11.4. The van der Waals surface area contributed by atoms with E-state index in [0.717, 1.165) is 0 Å². The molecule has 0 spiro atoms. The number of aromatic nitrogens is 4. The molecular weight excluding hydrogens is 246 g/mol. The fourth-order valence-electron chi connectivity index (χ4n) is 2.09. The van der Waals surface area contributed by atoms with Gasteiger partial charge in [-0.15, -0.1) is 5.10 Å². The first-order valence-corrected chi connectivity index (χ1v) is 5.70. The van der Waals surface area contributed by atoms with Crippen LogP contribution in [0.5, 0.6) is 0 Å². The molecule has 2 N–H and O–H groups in total. The third kappa shape index (κ3) is 1.67. The summed E-state index contributed by atoms with van der Waals surface area (Å²) in [6, 6.07) is 4.87. The highest BCUT2D eigenvalue weighted by Gasteiger charge is 2.14. The topological polar surface area (TPSA) is 95.3 Å². The Morgan fingerprint density at radius 1 is 1.47 bits per heavy atom. The highest BCUT2D eigenvalue weighted by atomic mass is 16.1. The fourth-order valence-corrected chi connectivity index (χ4v) is 2.09. The van der Waals surface area contributed by atoms with Gasteiger partial charge in [0.15, 0.2) is 5.65 Å². The highest BCUT2D eigenvalue weighted by molar-refractivity contribution is 5.80. The second-order valence-corrected chi connectivity index (χ2v) is 4.31. The van der Waals surface area contributed by atoms with E-state index < -0.39 is 0 Å². The smallest absolute Gasteiger partial charge is 0.263 e. The predicted molar refractivity (Wildman–Crippen MR) is 69.8 cm³/mol. The Morgan fingerprint density at radius 3 is 3.00 bits per heavy atom. The summed E-state index contributed by atoms with van der Waals surface area (Å²) >= 11 is 0. The van der Waals surface area contributed by atoms with Crippen molar-refractivity contribution in [2.45, 2.75) is 13.5 Å². The number of rotatable bonds is 2. The number of carbonyl (C=O) groups is 1. The summed E-state index contributed by atoms with van der Waals surface area (Å²) in [5.74, 6) is 0.155. The fraction of sp³-hybridized carbons (Fsp3) is 0.167. The van der Waals surface area contributed by atoms with Gasteiger partial charge in [0.1, 0.15) is 17.2 Å². The van der Waals surface area contributed by atoms with E-state index in [0.29, 0.717) is 16.7 Å². The van der Waals surface area contributed by atoms with E-state index in [1.807, 2.05) is 0 Å². The van der Waals surface area contributed by atoms with Crippen LogP contribution in [-0.2, 0) is 11.3 Å². The molecule has 3 rings (SSSR count). The standard InChI is InChI=1S/C12H11N5O2/c1-7(18)6-16-10-5-9(13)15-17(10)11-8(12(16)19)3-2-4-14-11/h2-5H,6H2,1H3,(H2,13,15). The van der Waals surface area contributed by atoms with Gasteiger partial charge in [-0.05, 0) is 19.1 Å². The number of ketones is 1. The van der Waals surface area contributed by atoms with Crippen LogP contribution in [-0.4, -0.2) is 24.9 Å². The lowest BCUT2D eigenvalue weighted by molar-refractivity contribution is -0.117. The van der Waals surface area contributed by atoms with Crippen LogP contribution in [0.25, 0.3) is 16.7 Å². The molecular formula is C12H11N5O2. The van der Waals surface area contributed by atoms with Crippen LogP contribution < -0.4 is 11.3 Å². The van der Waals surface area contributed by atoms with Crippen molar-refractivity contribution in [3.05, 3.63) is 34.7 Å². The van der Waals surface area contributed by atoms with Crippen molar-refractivity contribution in [2.75, 3.05) is 5.73 Å². The maximum Gasteiger partial charge on any atom is 0.263 e. The quantitative estimate of drug-likeness (QED) is 0.708. The van der Waals surface area contributed by atoms with Gasteiger partial charge in [0, 0.05) is 12.3 Å². The maximum absolute atomic E-state index is 12.4. The average Bonchev–Trinajstić information content (AvgIpc) is 2.76. The zero-order chi connectivity index (χ0) is 13.6. The molecule has 0 aliphatic carbocycles. The van der Waals surface area contributed by atoms with Gasteiger partial charge in [0.25, 0.3) is 5.56 Å². The van der Waals surface area contributed by atoms with E-state index in [9.17, 15) is 9.59 Å². The minimum absolute atomic E-state index is 0.0156. The van der Waals surface area contributed by atoms with Crippen molar-refractivity contribution in [1.82, 2.24) is 19.2 Å². The van der Waals surface area contributed by atoms with E-state index in [4.69, 9.17) is 5.73 Å². The first-order valence-electron chi connectivity index (χ1n) is 5.70. The number of nitrogen functional groups attached to an aromatic ring is 1. The number of carbonyl (C=O) groups excluding carboxylic acids is 1. The molecule has 0 aliphatic heterocycles. The summed E-state index contributed by atoms with van der Waals surface area (Å²) in [4.78, 5) is 27.8. The Kier molecular flexibility index (Phi) is 2.34.